The van der Waals surface area contributed by atoms with E-state index in [2.05, 4.69) is 0 Å². The first-order chi connectivity index (χ1) is 14.5. The molecule has 0 unspecified atom stereocenters. The monoisotopic (exact) mass is 640 g/mol. The molecule has 0 atom stereocenters. The van der Waals surface area contributed by atoms with Crippen molar-refractivity contribution in [2.24, 2.45) is 0 Å². The number of esters is 2. The number of carbonyl (C=O) groups is 2. The van der Waals surface area contributed by atoms with Gasteiger partial charge in [0.15, 0.2) is 23.0 Å². The van der Waals surface area contributed by atoms with Crippen molar-refractivity contribution in [1.29, 1.82) is 0 Å². The minimum absolute atomic E-state index is 0.106. The molecule has 0 radical (unpaired) electrons. The first-order valence-corrected chi connectivity index (χ1v) is 11.0. The number of methoxy groups -OCH3 is 2. The van der Waals surface area contributed by atoms with Gasteiger partial charge in [0.2, 0.25) is 6.79 Å². The molecule has 0 bridgehead atoms. The number of benzene rings is 2. The topological polar surface area (TPSA) is 89.5 Å². The Balaban J connectivity index is 1.49. The third kappa shape index (κ3) is 5.02. The molecule has 2 aromatic rings. The average molecular weight is 640 g/mol. The molecule has 1 aliphatic heterocycles. The largest absolute Gasteiger partial charge is 0.493 e. The van der Waals surface area contributed by atoms with E-state index in [0.29, 0.717) is 47.7 Å². The van der Waals surface area contributed by atoms with Crippen LogP contribution < -0.4 is 18.9 Å². The molecule has 30 heavy (non-hydrogen) atoms. The Morgan fingerprint density at radius 3 is 2.23 bits per heavy atom. The minimum atomic E-state index is -0.489. The van der Waals surface area contributed by atoms with E-state index < -0.39 is 11.9 Å². The van der Waals surface area contributed by atoms with E-state index >= 15 is 0 Å². The predicted octanol–water partition coefficient (Wildman–Crippen LogP) is 4.05. The molecule has 0 aromatic heterocycles. The summed E-state index contributed by atoms with van der Waals surface area (Å²) in [6.07, 6.45) is 0.364. The molecular weight excluding hydrogens is 622 g/mol. The van der Waals surface area contributed by atoms with Crippen LogP contribution in [0.5, 0.6) is 23.0 Å². The van der Waals surface area contributed by atoms with Crippen molar-refractivity contribution >= 4 is 57.1 Å². The fraction of sp³-hybridized carbons (Fsp3) is 0.300. The van der Waals surface area contributed by atoms with Crippen molar-refractivity contribution < 1.29 is 38.0 Å². The van der Waals surface area contributed by atoms with Gasteiger partial charge in [0.05, 0.1) is 42.1 Å². The number of hydrogen-bond acceptors (Lipinski definition) is 8. The van der Waals surface area contributed by atoms with Crippen LogP contribution >= 0.6 is 45.2 Å². The Hall–Kier alpha value is -1.96. The Kier molecular flexibility index (Phi) is 7.86. The molecule has 160 valence electrons. The van der Waals surface area contributed by atoms with Gasteiger partial charge in [-0.25, -0.2) is 9.59 Å². The predicted molar refractivity (Wildman–Crippen MR) is 123 cm³/mol. The van der Waals surface area contributed by atoms with Gasteiger partial charge in [0, 0.05) is 9.99 Å². The maximum atomic E-state index is 12.3. The summed E-state index contributed by atoms with van der Waals surface area (Å²) >= 11 is 4.05. The SMILES string of the molecule is COc1cc(I)c(C(=O)OCCCOC(=O)c2ccc3c(c2I)OCO3)cc1OC. The van der Waals surface area contributed by atoms with E-state index in [1.165, 1.54) is 14.2 Å². The lowest BCUT2D eigenvalue weighted by Gasteiger charge is -2.12. The molecule has 1 aliphatic rings. The van der Waals surface area contributed by atoms with E-state index in [4.69, 9.17) is 28.4 Å². The van der Waals surface area contributed by atoms with Gasteiger partial charge in [-0.2, -0.15) is 0 Å². The van der Waals surface area contributed by atoms with Gasteiger partial charge in [-0.1, -0.05) is 0 Å². The number of hydrogen-bond donors (Lipinski definition) is 0. The van der Waals surface area contributed by atoms with Gasteiger partial charge < -0.3 is 28.4 Å². The molecule has 0 saturated carbocycles. The lowest BCUT2D eigenvalue weighted by Crippen LogP contribution is -2.13. The zero-order valence-corrected chi connectivity index (χ0v) is 20.5. The van der Waals surface area contributed by atoms with Crippen molar-refractivity contribution in [3.8, 4) is 23.0 Å². The summed E-state index contributed by atoms with van der Waals surface area (Å²) in [5.41, 5.74) is 0.775. The number of fused-ring (bicyclic) bond motifs is 1. The van der Waals surface area contributed by atoms with Crippen LogP contribution in [0.1, 0.15) is 27.1 Å². The van der Waals surface area contributed by atoms with Crippen molar-refractivity contribution in [3.63, 3.8) is 0 Å². The lowest BCUT2D eigenvalue weighted by atomic mass is 10.2. The molecule has 10 heteroatoms. The van der Waals surface area contributed by atoms with Crippen molar-refractivity contribution in [1.82, 2.24) is 0 Å². The Bertz CT molecular complexity index is 960. The second-order valence-corrected chi connectivity index (χ2v) is 8.21. The highest BCUT2D eigenvalue weighted by Gasteiger charge is 2.23. The highest BCUT2D eigenvalue weighted by atomic mass is 127. The van der Waals surface area contributed by atoms with Crippen LogP contribution in [0.4, 0.5) is 0 Å². The average Bonchev–Trinajstić information content (AvgIpc) is 3.23. The van der Waals surface area contributed by atoms with E-state index in [9.17, 15) is 9.59 Å². The van der Waals surface area contributed by atoms with Crippen LogP contribution in [-0.2, 0) is 9.47 Å². The van der Waals surface area contributed by atoms with Gasteiger partial charge in [-0.3, -0.25) is 0 Å². The van der Waals surface area contributed by atoms with Crippen molar-refractivity contribution in [2.75, 3.05) is 34.2 Å². The third-order valence-electron chi connectivity index (χ3n) is 4.15. The highest BCUT2D eigenvalue weighted by Crippen LogP contribution is 2.38. The molecule has 0 aliphatic carbocycles. The van der Waals surface area contributed by atoms with Gasteiger partial charge in [0.25, 0.3) is 0 Å². The molecule has 0 fully saturated rings. The Labute approximate surface area is 200 Å². The smallest absolute Gasteiger partial charge is 0.339 e. The summed E-state index contributed by atoms with van der Waals surface area (Å²) in [4.78, 5) is 24.6. The number of carbonyl (C=O) groups excluding carboxylic acids is 2. The maximum absolute atomic E-state index is 12.3. The van der Waals surface area contributed by atoms with Crippen molar-refractivity contribution in [2.45, 2.75) is 6.42 Å². The molecule has 0 N–H and O–H groups in total. The van der Waals surface area contributed by atoms with Crippen LogP contribution in [0, 0.1) is 7.14 Å². The first kappa shape index (κ1) is 22.7. The van der Waals surface area contributed by atoms with Crippen LogP contribution in [0.15, 0.2) is 24.3 Å². The molecule has 2 aromatic carbocycles. The molecular formula is C20H18I2O8. The number of rotatable bonds is 8. The van der Waals surface area contributed by atoms with E-state index in [1.54, 1.807) is 24.3 Å². The second kappa shape index (κ2) is 10.4. The molecule has 0 saturated heterocycles. The Morgan fingerprint density at radius 1 is 0.933 bits per heavy atom. The normalized spacial score (nSPS) is 11.7. The summed E-state index contributed by atoms with van der Waals surface area (Å²) in [6, 6.07) is 6.58. The lowest BCUT2D eigenvalue weighted by molar-refractivity contribution is 0.0394. The van der Waals surface area contributed by atoms with E-state index in [-0.39, 0.29) is 20.0 Å². The van der Waals surface area contributed by atoms with Crippen LogP contribution in [0.3, 0.4) is 0 Å². The quantitative estimate of drug-likeness (QED) is 0.243. The number of ether oxygens (including phenoxy) is 6. The third-order valence-corrected chi connectivity index (χ3v) is 6.11. The van der Waals surface area contributed by atoms with Crippen molar-refractivity contribution in [3.05, 3.63) is 42.5 Å². The van der Waals surface area contributed by atoms with Gasteiger partial charge in [-0.05, 0) is 69.4 Å². The van der Waals surface area contributed by atoms with Crippen LogP contribution in [0.2, 0.25) is 0 Å². The first-order valence-electron chi connectivity index (χ1n) is 8.80. The summed E-state index contributed by atoms with van der Waals surface area (Å²) in [6.45, 7) is 0.350. The fourth-order valence-electron chi connectivity index (χ4n) is 2.65. The summed E-state index contributed by atoms with van der Waals surface area (Å²) in [5.74, 6) is 1.16. The van der Waals surface area contributed by atoms with Gasteiger partial charge >= 0.3 is 11.9 Å². The molecule has 1 heterocycles. The highest BCUT2D eigenvalue weighted by molar-refractivity contribution is 14.1. The summed E-state index contributed by atoms with van der Waals surface area (Å²) < 4.78 is 33.0. The molecule has 3 rings (SSSR count). The summed E-state index contributed by atoms with van der Waals surface area (Å²) in [7, 11) is 3.02. The maximum Gasteiger partial charge on any atom is 0.339 e. The zero-order chi connectivity index (χ0) is 21.7. The Morgan fingerprint density at radius 2 is 1.57 bits per heavy atom. The zero-order valence-electron chi connectivity index (χ0n) is 16.2. The standard InChI is InChI=1S/C20H18I2O8/c1-25-15-8-12(13(21)9-16(15)26-2)20(24)28-7-3-6-27-19(23)11-4-5-14-18(17(11)22)30-10-29-14/h4-5,8-9H,3,6-7,10H2,1-2H3. The van der Waals surface area contributed by atoms with Gasteiger partial charge in [-0.15, -0.1) is 0 Å². The van der Waals surface area contributed by atoms with E-state index in [1.807, 2.05) is 45.2 Å². The second-order valence-electron chi connectivity index (χ2n) is 5.97. The number of halogens is 2. The summed E-state index contributed by atoms with van der Waals surface area (Å²) in [5, 5.41) is 0. The minimum Gasteiger partial charge on any atom is -0.493 e. The molecule has 0 spiro atoms. The molecule has 8 nitrogen and oxygen atoms in total. The van der Waals surface area contributed by atoms with Gasteiger partial charge in [0.1, 0.15) is 0 Å². The van der Waals surface area contributed by atoms with Crippen LogP contribution in [-0.4, -0.2) is 46.2 Å². The fourth-order valence-corrected chi connectivity index (χ4v) is 4.13. The van der Waals surface area contributed by atoms with E-state index in [0.717, 1.165) is 0 Å². The molecule has 0 amide bonds. The van der Waals surface area contributed by atoms with Crippen LogP contribution in [0.25, 0.3) is 0 Å².